The molecule has 1 aromatic heterocycles. The van der Waals surface area contributed by atoms with Gasteiger partial charge in [0.2, 0.25) is 0 Å². The van der Waals surface area contributed by atoms with Gasteiger partial charge in [-0.15, -0.1) is 0 Å². The Kier molecular flexibility index (Phi) is 7.07. The summed E-state index contributed by atoms with van der Waals surface area (Å²) >= 11 is 0. The summed E-state index contributed by atoms with van der Waals surface area (Å²) in [7, 11) is 0. The predicted molar refractivity (Wildman–Crippen MR) is 112 cm³/mol. The Labute approximate surface area is 165 Å². The van der Waals surface area contributed by atoms with Gasteiger partial charge in [0.1, 0.15) is 5.75 Å². The summed E-state index contributed by atoms with van der Waals surface area (Å²) < 4.78 is 1.92. The van der Waals surface area contributed by atoms with Gasteiger partial charge in [0.15, 0.2) is 5.96 Å². The second kappa shape index (κ2) is 10.2. The van der Waals surface area contributed by atoms with Crippen molar-refractivity contribution in [1.82, 2.24) is 20.4 Å². The quantitative estimate of drug-likeness (QED) is 0.417. The molecule has 0 saturated carbocycles. The number of hydrogen-bond donors (Lipinski definition) is 3. The number of aromatic hydroxyl groups is 1. The number of phenols is 1. The lowest BCUT2D eigenvalue weighted by Crippen LogP contribution is -2.38. The maximum absolute atomic E-state index is 9.57. The summed E-state index contributed by atoms with van der Waals surface area (Å²) in [5.41, 5.74) is 3.49. The molecule has 6 nitrogen and oxygen atoms in total. The topological polar surface area (TPSA) is 74.5 Å². The van der Waals surface area contributed by atoms with E-state index < -0.39 is 0 Å². The lowest BCUT2D eigenvalue weighted by atomic mass is 10.1. The highest BCUT2D eigenvalue weighted by atomic mass is 16.3. The average Bonchev–Trinajstić information content (AvgIpc) is 3.20. The van der Waals surface area contributed by atoms with Crippen LogP contribution in [0.2, 0.25) is 0 Å². The van der Waals surface area contributed by atoms with Crippen LogP contribution in [0.25, 0.3) is 0 Å². The van der Waals surface area contributed by atoms with E-state index in [9.17, 15) is 5.11 Å². The van der Waals surface area contributed by atoms with Gasteiger partial charge in [-0.1, -0.05) is 36.4 Å². The number of aliphatic imine (C=N–C) groups is 1. The Hall–Kier alpha value is -3.28. The molecule has 0 saturated heterocycles. The molecule has 3 N–H and O–H groups in total. The summed E-state index contributed by atoms with van der Waals surface area (Å²) in [6, 6.07) is 17.6. The second-order valence-electron chi connectivity index (χ2n) is 6.51. The Morgan fingerprint density at radius 3 is 2.68 bits per heavy atom. The van der Waals surface area contributed by atoms with Crippen LogP contribution in [0.1, 0.15) is 23.6 Å². The summed E-state index contributed by atoms with van der Waals surface area (Å²) in [5, 5.41) is 20.5. The van der Waals surface area contributed by atoms with E-state index in [-0.39, 0.29) is 0 Å². The lowest BCUT2D eigenvalue weighted by molar-refractivity contribution is 0.474. The van der Waals surface area contributed by atoms with Gasteiger partial charge in [0.25, 0.3) is 0 Å². The van der Waals surface area contributed by atoms with E-state index in [0.29, 0.717) is 12.3 Å². The van der Waals surface area contributed by atoms with E-state index in [1.807, 2.05) is 41.2 Å². The van der Waals surface area contributed by atoms with Crippen LogP contribution in [0.4, 0.5) is 0 Å². The van der Waals surface area contributed by atoms with E-state index in [1.54, 1.807) is 18.3 Å². The molecule has 0 bridgehead atoms. The molecule has 0 radical (unpaired) electrons. The van der Waals surface area contributed by atoms with Crippen LogP contribution >= 0.6 is 0 Å². The number of guanidine groups is 1. The van der Waals surface area contributed by atoms with Crippen LogP contribution in [-0.4, -0.2) is 33.9 Å². The number of nitrogens with zero attached hydrogens (tertiary/aromatic N) is 3. The van der Waals surface area contributed by atoms with Crippen LogP contribution in [-0.2, 0) is 19.5 Å². The van der Waals surface area contributed by atoms with Gasteiger partial charge >= 0.3 is 0 Å². The van der Waals surface area contributed by atoms with Crippen molar-refractivity contribution in [1.29, 1.82) is 0 Å². The van der Waals surface area contributed by atoms with Gasteiger partial charge in [-0.2, -0.15) is 5.10 Å². The Morgan fingerprint density at radius 1 is 1.07 bits per heavy atom. The maximum Gasteiger partial charge on any atom is 0.191 e. The van der Waals surface area contributed by atoms with Crippen molar-refractivity contribution in [3.05, 3.63) is 83.7 Å². The first-order valence-electron chi connectivity index (χ1n) is 9.59. The Bertz CT molecular complexity index is 889. The zero-order valence-electron chi connectivity index (χ0n) is 16.2. The molecule has 6 heteroatoms. The van der Waals surface area contributed by atoms with Crippen molar-refractivity contribution < 1.29 is 5.11 Å². The fraction of sp³-hybridized carbons (Fsp3) is 0.273. The molecule has 0 spiro atoms. The normalized spacial score (nSPS) is 11.4. The summed E-state index contributed by atoms with van der Waals surface area (Å²) in [4.78, 5) is 4.74. The minimum Gasteiger partial charge on any atom is -0.508 e. The maximum atomic E-state index is 9.57. The molecule has 0 aliphatic carbocycles. The van der Waals surface area contributed by atoms with Crippen LogP contribution in [0.3, 0.4) is 0 Å². The minimum atomic E-state index is 0.298. The monoisotopic (exact) mass is 377 g/mol. The van der Waals surface area contributed by atoms with Crippen molar-refractivity contribution in [2.24, 2.45) is 4.99 Å². The van der Waals surface area contributed by atoms with Gasteiger partial charge in [-0.05, 0) is 48.2 Å². The third kappa shape index (κ3) is 5.87. The highest BCUT2D eigenvalue weighted by molar-refractivity contribution is 5.79. The molecular formula is C22H27N5O. The molecule has 0 unspecified atom stereocenters. The first-order valence-corrected chi connectivity index (χ1v) is 9.59. The highest BCUT2D eigenvalue weighted by Crippen LogP contribution is 2.12. The third-order valence-corrected chi connectivity index (χ3v) is 4.38. The largest absolute Gasteiger partial charge is 0.508 e. The standard InChI is InChI=1S/C22H27N5O/c1-2-23-22(24-13-11-18-7-5-10-21(28)15-18)25-16-19-8-3-4-9-20(19)17-27-14-6-12-26-27/h3-10,12,14-15,28H,2,11,13,16-17H2,1H3,(H2,23,24,25). The fourth-order valence-corrected chi connectivity index (χ4v) is 2.98. The van der Waals surface area contributed by atoms with Gasteiger partial charge < -0.3 is 15.7 Å². The molecule has 1 heterocycles. The molecule has 3 aromatic rings. The molecule has 0 fully saturated rings. The van der Waals surface area contributed by atoms with Crippen LogP contribution < -0.4 is 10.6 Å². The van der Waals surface area contributed by atoms with E-state index in [2.05, 4.69) is 34.8 Å². The second-order valence-corrected chi connectivity index (χ2v) is 6.51. The molecule has 2 aromatic carbocycles. The van der Waals surface area contributed by atoms with E-state index in [1.165, 1.54) is 11.1 Å². The minimum absolute atomic E-state index is 0.298. The molecule has 0 amide bonds. The summed E-state index contributed by atoms with van der Waals surface area (Å²) in [6.07, 6.45) is 4.57. The number of phenolic OH excluding ortho intramolecular Hbond substituents is 1. The molecule has 28 heavy (non-hydrogen) atoms. The highest BCUT2D eigenvalue weighted by Gasteiger charge is 2.04. The van der Waals surface area contributed by atoms with E-state index in [4.69, 9.17) is 4.99 Å². The lowest BCUT2D eigenvalue weighted by Gasteiger charge is -2.13. The number of hydrogen-bond acceptors (Lipinski definition) is 3. The molecule has 0 aliphatic heterocycles. The molecule has 3 rings (SSSR count). The first-order chi connectivity index (χ1) is 13.7. The zero-order valence-corrected chi connectivity index (χ0v) is 16.2. The smallest absolute Gasteiger partial charge is 0.191 e. The SMILES string of the molecule is CCNC(=NCc1ccccc1Cn1cccn1)NCCc1cccc(O)c1. The molecule has 146 valence electrons. The number of aromatic nitrogens is 2. The summed E-state index contributed by atoms with van der Waals surface area (Å²) in [6.45, 7) is 4.92. The molecule has 0 atom stereocenters. The van der Waals surface area contributed by atoms with Crippen LogP contribution in [0.15, 0.2) is 72.0 Å². The Morgan fingerprint density at radius 2 is 1.93 bits per heavy atom. The van der Waals surface area contributed by atoms with Crippen molar-refractivity contribution in [3.63, 3.8) is 0 Å². The van der Waals surface area contributed by atoms with Crippen LogP contribution in [0, 0.1) is 0 Å². The van der Waals surface area contributed by atoms with E-state index in [0.717, 1.165) is 37.6 Å². The van der Waals surface area contributed by atoms with Crippen molar-refractivity contribution >= 4 is 5.96 Å². The number of rotatable bonds is 8. The van der Waals surface area contributed by atoms with Gasteiger partial charge in [-0.25, -0.2) is 4.99 Å². The molecular weight excluding hydrogens is 350 g/mol. The molecule has 0 aliphatic rings. The van der Waals surface area contributed by atoms with Gasteiger partial charge in [0, 0.05) is 25.5 Å². The van der Waals surface area contributed by atoms with Gasteiger partial charge in [0.05, 0.1) is 13.1 Å². The Balaban J connectivity index is 1.61. The zero-order chi connectivity index (χ0) is 19.6. The summed E-state index contributed by atoms with van der Waals surface area (Å²) in [5.74, 6) is 1.09. The first kappa shape index (κ1) is 19.5. The number of nitrogens with one attached hydrogen (secondary N) is 2. The van der Waals surface area contributed by atoms with Crippen molar-refractivity contribution in [3.8, 4) is 5.75 Å². The van der Waals surface area contributed by atoms with Gasteiger partial charge in [-0.3, -0.25) is 4.68 Å². The third-order valence-electron chi connectivity index (χ3n) is 4.38. The van der Waals surface area contributed by atoms with Crippen LogP contribution in [0.5, 0.6) is 5.75 Å². The fourth-order valence-electron chi connectivity index (χ4n) is 2.98. The average molecular weight is 377 g/mol. The van der Waals surface area contributed by atoms with Crippen molar-refractivity contribution in [2.45, 2.75) is 26.4 Å². The van der Waals surface area contributed by atoms with Crippen molar-refractivity contribution in [2.75, 3.05) is 13.1 Å². The number of benzene rings is 2. The predicted octanol–water partition coefficient (Wildman–Crippen LogP) is 2.93. The van der Waals surface area contributed by atoms with E-state index >= 15 is 0 Å².